The fraction of sp³-hybridized carbons (Fsp3) is 0.636. The maximum absolute atomic E-state index is 12.2. The first-order valence-electron chi connectivity index (χ1n) is 10.0. The minimum atomic E-state index is -0.429. The minimum absolute atomic E-state index is 0.0519. The van der Waals surface area contributed by atoms with E-state index in [-0.39, 0.29) is 12.5 Å². The molecule has 2 amide bonds. The molecule has 0 aliphatic heterocycles. The van der Waals surface area contributed by atoms with Crippen LogP contribution in [0, 0.1) is 5.41 Å². The molecule has 0 saturated carbocycles. The summed E-state index contributed by atoms with van der Waals surface area (Å²) in [4.78, 5) is 27.5. The molecule has 164 valence electrons. The Morgan fingerprint density at radius 3 is 2.03 bits per heavy atom. The lowest BCUT2D eigenvalue weighted by molar-refractivity contribution is -0.138. The topological polar surface area (TPSA) is 61.9 Å². The van der Waals surface area contributed by atoms with E-state index in [0.717, 1.165) is 26.1 Å². The van der Waals surface area contributed by atoms with Gasteiger partial charge in [-0.3, -0.25) is 4.79 Å². The molecule has 7 heteroatoms. The van der Waals surface area contributed by atoms with Crippen LogP contribution in [0.2, 0.25) is 0 Å². The average Bonchev–Trinajstić information content (AvgIpc) is 2.62. The van der Waals surface area contributed by atoms with Gasteiger partial charge in [-0.2, -0.15) is 0 Å². The zero-order valence-electron chi connectivity index (χ0n) is 19.3. The van der Waals surface area contributed by atoms with Gasteiger partial charge in [-0.05, 0) is 22.9 Å². The zero-order chi connectivity index (χ0) is 22.2. The van der Waals surface area contributed by atoms with Crippen LogP contribution in [0.15, 0.2) is 24.3 Å². The summed E-state index contributed by atoms with van der Waals surface area (Å²) < 4.78 is 5.38. The van der Waals surface area contributed by atoms with E-state index >= 15 is 0 Å². The van der Waals surface area contributed by atoms with Gasteiger partial charge < -0.3 is 19.9 Å². The SMILES string of the molecule is CN(CCN(C)C(=O)C(C)(C)C)C(=O)OCc1ccc(NCPC(C)(C)C)cc1. The zero-order valence-corrected chi connectivity index (χ0v) is 20.3. The Hall–Kier alpha value is -1.81. The van der Waals surface area contributed by atoms with Gasteiger partial charge in [0.1, 0.15) is 6.61 Å². The number of ether oxygens (including phenoxy) is 1. The van der Waals surface area contributed by atoms with Crippen molar-refractivity contribution in [3.05, 3.63) is 29.8 Å². The molecule has 0 fully saturated rings. The lowest BCUT2D eigenvalue weighted by atomic mass is 9.95. The van der Waals surface area contributed by atoms with Crippen LogP contribution in [0.5, 0.6) is 0 Å². The third kappa shape index (κ3) is 9.98. The van der Waals surface area contributed by atoms with Crippen molar-refractivity contribution in [3.8, 4) is 0 Å². The van der Waals surface area contributed by atoms with Crippen LogP contribution in [-0.2, 0) is 16.1 Å². The van der Waals surface area contributed by atoms with Gasteiger partial charge in [-0.1, -0.05) is 62.3 Å². The first-order chi connectivity index (χ1) is 13.3. The van der Waals surface area contributed by atoms with E-state index in [1.807, 2.05) is 45.0 Å². The molecule has 0 aliphatic rings. The molecule has 1 unspecified atom stereocenters. The Bertz CT molecular complexity index is 663. The number of nitrogens with one attached hydrogen (secondary N) is 1. The summed E-state index contributed by atoms with van der Waals surface area (Å²) in [6.45, 7) is 13.5. The highest BCUT2D eigenvalue weighted by Gasteiger charge is 2.25. The Labute approximate surface area is 178 Å². The summed E-state index contributed by atoms with van der Waals surface area (Å²) in [5, 5.41) is 3.76. The summed E-state index contributed by atoms with van der Waals surface area (Å²) >= 11 is 0. The lowest BCUT2D eigenvalue weighted by Gasteiger charge is -2.27. The molecule has 29 heavy (non-hydrogen) atoms. The number of hydrogen-bond donors (Lipinski definition) is 1. The van der Waals surface area contributed by atoms with Crippen LogP contribution >= 0.6 is 8.58 Å². The molecule has 0 heterocycles. The second-order valence-corrected chi connectivity index (χ2v) is 11.6. The minimum Gasteiger partial charge on any atom is -0.445 e. The van der Waals surface area contributed by atoms with E-state index in [2.05, 4.69) is 26.1 Å². The number of benzene rings is 1. The summed E-state index contributed by atoms with van der Waals surface area (Å²) in [7, 11) is 4.28. The van der Waals surface area contributed by atoms with Gasteiger partial charge in [0.05, 0.1) is 0 Å². The molecule has 1 atom stereocenters. The van der Waals surface area contributed by atoms with Gasteiger partial charge in [-0.25, -0.2) is 4.79 Å². The second kappa shape index (κ2) is 10.8. The molecule has 0 spiro atoms. The van der Waals surface area contributed by atoms with Crippen LogP contribution in [0.3, 0.4) is 0 Å². The van der Waals surface area contributed by atoms with Crippen molar-refractivity contribution in [3.63, 3.8) is 0 Å². The Kier molecular flexibility index (Phi) is 9.41. The molecule has 0 radical (unpaired) electrons. The number of carbonyl (C=O) groups excluding carboxylic acids is 2. The summed E-state index contributed by atoms with van der Waals surface area (Å²) in [6.07, 6.45) is 0.560. The van der Waals surface area contributed by atoms with E-state index in [1.54, 1.807) is 19.0 Å². The van der Waals surface area contributed by atoms with Gasteiger partial charge >= 0.3 is 6.09 Å². The second-order valence-electron chi connectivity index (χ2n) is 9.43. The number of likely N-dealkylation sites (N-methyl/N-ethyl adjacent to an activating group) is 2. The molecule has 1 rings (SSSR count). The molecule has 1 aromatic carbocycles. The first kappa shape index (κ1) is 25.2. The normalized spacial score (nSPS) is 12.1. The number of carbonyl (C=O) groups is 2. The largest absolute Gasteiger partial charge is 0.445 e. The monoisotopic (exact) mass is 423 g/mol. The Balaban J connectivity index is 2.38. The average molecular weight is 424 g/mol. The molecular formula is C22H38N3O3P. The standard InChI is InChI=1S/C22H38N3O3P/c1-21(2,3)19(26)24(7)13-14-25(8)20(27)28-15-17-9-11-18(12-10-17)23-16-29-22(4,5)6/h9-12,23,29H,13-16H2,1-8H3. The summed E-state index contributed by atoms with van der Waals surface area (Å²) in [6, 6.07) is 7.94. The first-order valence-corrected chi connectivity index (χ1v) is 11.2. The number of rotatable bonds is 8. The summed E-state index contributed by atoms with van der Waals surface area (Å²) in [5.41, 5.74) is 1.58. The van der Waals surface area contributed by atoms with Crippen molar-refractivity contribution in [2.24, 2.45) is 5.41 Å². The highest BCUT2D eigenvalue weighted by molar-refractivity contribution is 7.40. The Morgan fingerprint density at radius 2 is 1.52 bits per heavy atom. The number of nitrogens with zero attached hydrogens (tertiary/aromatic N) is 2. The predicted molar refractivity (Wildman–Crippen MR) is 123 cm³/mol. The van der Waals surface area contributed by atoms with E-state index in [1.165, 1.54) is 4.90 Å². The maximum atomic E-state index is 12.2. The smallest absolute Gasteiger partial charge is 0.409 e. The van der Waals surface area contributed by atoms with Crippen molar-refractivity contribution in [2.75, 3.05) is 38.8 Å². The molecule has 1 N–H and O–H groups in total. The molecule has 0 aliphatic carbocycles. The van der Waals surface area contributed by atoms with Crippen molar-refractivity contribution in [2.45, 2.75) is 53.3 Å². The van der Waals surface area contributed by atoms with Crippen LogP contribution in [0.4, 0.5) is 10.5 Å². The van der Waals surface area contributed by atoms with E-state index in [9.17, 15) is 9.59 Å². The van der Waals surface area contributed by atoms with Gasteiger partial charge in [0.25, 0.3) is 0 Å². The van der Waals surface area contributed by atoms with Crippen molar-refractivity contribution in [1.29, 1.82) is 0 Å². The van der Waals surface area contributed by atoms with Crippen LogP contribution in [-0.4, -0.2) is 60.4 Å². The van der Waals surface area contributed by atoms with Gasteiger partial charge in [0.2, 0.25) is 5.91 Å². The number of anilines is 1. The third-order valence-electron chi connectivity index (χ3n) is 4.30. The van der Waals surface area contributed by atoms with Gasteiger partial charge in [0.15, 0.2) is 0 Å². The van der Waals surface area contributed by atoms with Crippen LogP contribution in [0.1, 0.15) is 47.1 Å². The molecule has 0 bridgehead atoms. The van der Waals surface area contributed by atoms with E-state index in [4.69, 9.17) is 4.74 Å². The van der Waals surface area contributed by atoms with Gasteiger partial charge in [-0.15, -0.1) is 0 Å². The van der Waals surface area contributed by atoms with Crippen molar-refractivity contribution in [1.82, 2.24) is 9.80 Å². The maximum Gasteiger partial charge on any atom is 0.409 e. The Morgan fingerprint density at radius 1 is 0.966 bits per heavy atom. The molecule has 0 aromatic heterocycles. The van der Waals surface area contributed by atoms with Crippen LogP contribution in [0.25, 0.3) is 0 Å². The quantitative estimate of drug-likeness (QED) is 0.621. The number of hydrogen-bond acceptors (Lipinski definition) is 4. The van der Waals surface area contributed by atoms with E-state index in [0.29, 0.717) is 18.2 Å². The van der Waals surface area contributed by atoms with Crippen molar-refractivity contribution < 1.29 is 14.3 Å². The van der Waals surface area contributed by atoms with Crippen LogP contribution < -0.4 is 5.32 Å². The fourth-order valence-corrected chi connectivity index (χ4v) is 3.27. The summed E-state index contributed by atoms with van der Waals surface area (Å²) in [5.74, 6) is 0.0519. The molecule has 0 saturated heterocycles. The molecule has 6 nitrogen and oxygen atoms in total. The number of amides is 2. The highest BCUT2D eigenvalue weighted by atomic mass is 31.1. The highest BCUT2D eigenvalue weighted by Crippen LogP contribution is 2.30. The van der Waals surface area contributed by atoms with Crippen molar-refractivity contribution >= 4 is 26.3 Å². The fourth-order valence-electron chi connectivity index (χ4n) is 2.45. The predicted octanol–water partition coefficient (Wildman–Crippen LogP) is 4.61. The molecular weight excluding hydrogens is 385 g/mol. The third-order valence-corrected chi connectivity index (χ3v) is 5.71. The molecule has 1 aromatic rings. The van der Waals surface area contributed by atoms with E-state index < -0.39 is 11.5 Å². The van der Waals surface area contributed by atoms with Gasteiger partial charge in [0, 0.05) is 44.6 Å². The lowest BCUT2D eigenvalue weighted by Crippen LogP contribution is -2.41.